The zero-order valence-corrected chi connectivity index (χ0v) is 78.2. The monoisotopic (exact) mass is 1750 g/mol. The van der Waals surface area contributed by atoms with E-state index >= 15 is 4.79 Å². The number of carbonyl (C=O) groups excluding carboxylic acids is 6. The largest absolute Gasteiger partial charge is 0.470 e. The summed E-state index contributed by atoms with van der Waals surface area (Å²) >= 11 is 0. The van der Waals surface area contributed by atoms with Gasteiger partial charge in [0, 0.05) is 12.8 Å². The van der Waals surface area contributed by atoms with E-state index in [2.05, 4.69) is 52.2 Å². The molecule has 2 rings (SSSR count). The van der Waals surface area contributed by atoms with Gasteiger partial charge in [0.15, 0.2) is 24.8 Å². The lowest BCUT2D eigenvalue weighted by atomic mass is 9.95. The summed E-state index contributed by atoms with van der Waals surface area (Å²) in [6.45, 7) is 11.3. The molecule has 121 heavy (non-hydrogen) atoms. The van der Waals surface area contributed by atoms with E-state index in [4.69, 9.17) is 37.7 Å². The van der Waals surface area contributed by atoms with Crippen molar-refractivity contribution >= 4 is 43.5 Å². The molecule has 0 radical (unpaired) electrons. The van der Waals surface area contributed by atoms with Crippen LogP contribution in [0.4, 0.5) is 0 Å². The van der Waals surface area contributed by atoms with Crippen LogP contribution in [0.2, 0.25) is 0 Å². The van der Waals surface area contributed by atoms with E-state index in [9.17, 15) is 63.9 Å². The number of esters is 4. The van der Waals surface area contributed by atoms with E-state index in [-0.39, 0.29) is 25.7 Å². The van der Waals surface area contributed by atoms with Crippen molar-refractivity contribution in [2.24, 2.45) is 0 Å². The van der Waals surface area contributed by atoms with Crippen LogP contribution in [-0.4, -0.2) is 170 Å². The molecule has 0 saturated carbocycles. The highest BCUT2D eigenvalue weighted by Gasteiger charge is 2.54. The maximum absolute atomic E-state index is 15.1. The highest BCUT2D eigenvalue weighted by molar-refractivity contribution is 7.46. The fourth-order valence-corrected chi connectivity index (χ4v) is 17.3. The number of unbranched alkanes of at least 4 members (excludes halogenated alkanes) is 52. The normalized spacial score (nSPS) is 20.4. The number of ether oxygens (including phenoxy) is 7. The fourth-order valence-electron chi connectivity index (χ4n) is 16.7. The first kappa shape index (κ1) is 114. The Kier molecular flexibility index (Phi) is 72.0. The summed E-state index contributed by atoms with van der Waals surface area (Å²) in [6, 6.07) is -3.47. The molecule has 2 saturated heterocycles. The summed E-state index contributed by atoms with van der Waals surface area (Å²) in [4.78, 5) is 107. The van der Waals surface area contributed by atoms with E-state index in [0.29, 0.717) is 51.4 Å². The van der Waals surface area contributed by atoms with Gasteiger partial charge in [0.1, 0.15) is 48.7 Å². The molecule has 9 N–H and O–H groups in total. The fraction of sp³-hybridized carbons (Fsp3) is 0.938. The van der Waals surface area contributed by atoms with Crippen molar-refractivity contribution in [1.29, 1.82) is 0 Å². The minimum atomic E-state index is -5.62. The topological polar surface area (TPSA) is 359 Å². The number of phosphoric ester groups is 1. The quantitative estimate of drug-likeness (QED) is 0.0118. The molecule has 2 aliphatic rings. The summed E-state index contributed by atoms with van der Waals surface area (Å²) in [5.74, 6) is -4.55. The van der Waals surface area contributed by atoms with Crippen molar-refractivity contribution < 1.29 is 106 Å². The minimum absolute atomic E-state index is 0.111. The van der Waals surface area contributed by atoms with Crippen LogP contribution in [0.1, 0.15) is 478 Å². The molecular formula is C96H181N2O22P. The van der Waals surface area contributed by atoms with Gasteiger partial charge in [-0.05, 0) is 51.4 Å². The first-order chi connectivity index (χ1) is 58.6. The second kappa shape index (κ2) is 76.6. The van der Waals surface area contributed by atoms with Crippen LogP contribution in [0.25, 0.3) is 0 Å². The highest BCUT2D eigenvalue weighted by Crippen LogP contribution is 2.43. The van der Waals surface area contributed by atoms with Crippen molar-refractivity contribution in [2.75, 3.05) is 13.2 Å². The number of carbonyl (C=O) groups is 6. The molecule has 24 nitrogen and oxygen atoms in total. The Balaban J connectivity index is 2.73. The zero-order chi connectivity index (χ0) is 88.6. The Morgan fingerprint density at radius 3 is 1.02 bits per heavy atom. The molecule has 25 heteroatoms. The predicted molar refractivity (Wildman–Crippen MR) is 479 cm³/mol. The lowest BCUT2D eigenvalue weighted by Crippen LogP contribution is -2.68. The summed E-state index contributed by atoms with van der Waals surface area (Å²) < 4.78 is 61.9. The third-order valence-corrected chi connectivity index (χ3v) is 24.6. The molecule has 0 aliphatic carbocycles. The van der Waals surface area contributed by atoms with Crippen molar-refractivity contribution in [2.45, 2.75) is 564 Å². The van der Waals surface area contributed by atoms with Crippen LogP contribution in [0, 0.1) is 0 Å². The number of nitrogens with one attached hydrogen (secondary N) is 2. The molecule has 0 bridgehead atoms. The van der Waals surface area contributed by atoms with Crippen LogP contribution in [-0.2, 0) is 71.0 Å². The van der Waals surface area contributed by atoms with Crippen LogP contribution in [0.15, 0.2) is 0 Å². The number of hydrogen-bond donors (Lipinski definition) is 9. The van der Waals surface area contributed by atoms with Gasteiger partial charge in [-0.25, -0.2) is 4.57 Å². The number of aliphatic hydroxyl groups excluding tert-OH is 5. The molecule has 2 aliphatic heterocycles. The summed E-state index contributed by atoms with van der Waals surface area (Å²) in [5, 5.41) is 63.3. The Hall–Kier alpha value is -3.39. The minimum Gasteiger partial charge on any atom is -0.462 e. The Labute approximate surface area is 733 Å². The van der Waals surface area contributed by atoms with Crippen LogP contribution in [0.5, 0.6) is 0 Å². The van der Waals surface area contributed by atoms with Crippen molar-refractivity contribution in [1.82, 2.24) is 10.6 Å². The van der Waals surface area contributed by atoms with Gasteiger partial charge in [0.2, 0.25) is 11.8 Å². The van der Waals surface area contributed by atoms with Gasteiger partial charge in [-0.1, -0.05) is 388 Å². The second-order valence-corrected chi connectivity index (χ2v) is 36.8. The van der Waals surface area contributed by atoms with E-state index < -0.39 is 168 Å². The van der Waals surface area contributed by atoms with E-state index in [0.717, 1.165) is 199 Å². The van der Waals surface area contributed by atoms with E-state index in [1.807, 2.05) is 0 Å². The van der Waals surface area contributed by atoms with E-state index in [1.54, 1.807) is 0 Å². The maximum Gasteiger partial charge on any atom is 0.470 e. The molecule has 0 unspecified atom stereocenters. The Bertz CT molecular complexity index is 2550. The molecule has 2 amide bonds. The lowest BCUT2D eigenvalue weighted by molar-refractivity contribution is -0.298. The van der Waals surface area contributed by atoms with Gasteiger partial charge in [0.25, 0.3) is 0 Å². The van der Waals surface area contributed by atoms with Gasteiger partial charge in [-0.2, -0.15) is 0 Å². The first-order valence-electron chi connectivity index (χ1n) is 50.0. The molecule has 0 aromatic carbocycles. The molecule has 0 aromatic heterocycles. The van der Waals surface area contributed by atoms with Gasteiger partial charge in [0.05, 0.1) is 51.1 Å². The molecule has 712 valence electrons. The summed E-state index contributed by atoms with van der Waals surface area (Å²) in [6.07, 6.45) is 40.7. The maximum atomic E-state index is 15.1. The zero-order valence-electron chi connectivity index (χ0n) is 77.3. The van der Waals surface area contributed by atoms with Crippen LogP contribution < -0.4 is 10.6 Å². The predicted octanol–water partition coefficient (Wildman–Crippen LogP) is 21.3. The van der Waals surface area contributed by atoms with Gasteiger partial charge in [-0.15, -0.1) is 0 Å². The second-order valence-electron chi connectivity index (χ2n) is 35.7. The standard InChI is InChI=1S/C96H181N2O22P/c1-7-13-19-25-31-37-39-45-51-57-63-69-85(104)114-79(67-61-55-49-43-35-29-23-17-11-5)73-84(103)98-90-94(119-88(107)74-80(68-62-56-50-44-36-30-24-18-12-6)115-86(105)70-64-58-52-46-40-38-32-26-20-14-8-2)92(120-121(110,111)112)81(75-99)117-96(90)113-76-82-91(108)93(118-87(106)72-78(101)66-60-54-48-42-34-28-22-16-10-4)89(95(109)116-82)97-83(102)71-77(100)65-59-53-47-41-33-27-21-15-9-3/h77-82,89-96,99-101,108-109H,7-76H2,1-6H3,(H,97,102)(H,98,103)(H2,110,111,112)/t77-,78-,79+,80-,81-,82-,89-,90-,91-,92-,93-,94-,95+,96-/m1/s1. The van der Waals surface area contributed by atoms with Crippen LogP contribution in [0.3, 0.4) is 0 Å². The van der Waals surface area contributed by atoms with Gasteiger partial charge >= 0.3 is 31.7 Å². The first-order valence-corrected chi connectivity index (χ1v) is 51.5. The Morgan fingerprint density at radius 2 is 0.653 bits per heavy atom. The lowest BCUT2D eigenvalue weighted by Gasteiger charge is -2.46. The van der Waals surface area contributed by atoms with Crippen molar-refractivity contribution in [3.05, 3.63) is 0 Å². The van der Waals surface area contributed by atoms with Crippen LogP contribution >= 0.6 is 7.82 Å². The number of hydrogen-bond acceptors (Lipinski definition) is 20. The summed E-state index contributed by atoms with van der Waals surface area (Å²) in [5.41, 5.74) is 0. The highest BCUT2D eigenvalue weighted by atomic mass is 31.2. The summed E-state index contributed by atoms with van der Waals surface area (Å²) in [7, 11) is -5.62. The molecular weight excluding hydrogens is 1560 g/mol. The number of phosphoric acid groups is 1. The molecule has 2 fully saturated rings. The van der Waals surface area contributed by atoms with E-state index in [1.165, 1.54) is 135 Å². The molecule has 14 atom stereocenters. The SMILES string of the molecule is CCCCCCCCCCCCCC(=O)O[C@H](CCCCCCCCCCC)CC(=O)O[C@@H]1[C@@H](NC(=O)C[C@H](CCCCCCCCCCC)OC(=O)CCCCCCCCCCCCC)[C@H](OC[C@H]2O[C@H](O)[C@H](NC(=O)C[C@H](O)CCCCCCCCCCC)[C@@H](OC(=O)C[C@H](O)CCCCCCCCCCC)[C@@H]2O)O[C@H](CO)[C@H]1OP(=O)(O)O. The smallest absolute Gasteiger partial charge is 0.462 e. The molecule has 0 spiro atoms. The van der Waals surface area contributed by atoms with Crippen molar-refractivity contribution in [3.8, 4) is 0 Å². The third kappa shape index (κ3) is 60.9. The Morgan fingerprint density at radius 1 is 0.347 bits per heavy atom. The third-order valence-electron chi connectivity index (χ3n) is 24.1. The number of amides is 2. The average Bonchev–Trinajstić information content (AvgIpc) is 0.799. The number of rotatable bonds is 84. The molecule has 2 heterocycles. The van der Waals surface area contributed by atoms with Crippen molar-refractivity contribution in [3.63, 3.8) is 0 Å². The van der Waals surface area contributed by atoms with Gasteiger partial charge in [-0.3, -0.25) is 33.3 Å². The molecule has 0 aromatic rings. The number of aliphatic hydroxyl groups is 5. The van der Waals surface area contributed by atoms with Gasteiger partial charge < -0.3 is 79.1 Å². The average molecular weight is 1750 g/mol.